The van der Waals surface area contributed by atoms with Gasteiger partial charge in [-0.1, -0.05) is 121 Å². The van der Waals surface area contributed by atoms with Crippen molar-refractivity contribution in [2.45, 2.75) is 0 Å². The van der Waals surface area contributed by atoms with Gasteiger partial charge < -0.3 is 8.83 Å². The lowest BCUT2D eigenvalue weighted by molar-refractivity contribution is 0.617. The molecule has 50 heavy (non-hydrogen) atoms. The number of hydrogen-bond donors (Lipinski definition) is 0. The van der Waals surface area contributed by atoms with Crippen LogP contribution in [0.5, 0.6) is 0 Å². The molecule has 3 aromatic heterocycles. The summed E-state index contributed by atoms with van der Waals surface area (Å²) in [6.07, 6.45) is 0. The predicted octanol–water partition coefficient (Wildman–Crippen LogP) is 11.4. The fraction of sp³-hybridized carbons (Fsp3) is 0. The highest BCUT2D eigenvalue weighted by Crippen LogP contribution is 2.42. The second-order valence-corrected chi connectivity index (χ2v) is 12.3. The molecule has 7 aromatic carbocycles. The third-order valence-electron chi connectivity index (χ3n) is 9.14. The van der Waals surface area contributed by atoms with Crippen LogP contribution in [0.25, 0.3) is 101 Å². The number of benzene rings is 7. The molecule has 0 radical (unpaired) electrons. The molecule has 0 spiro atoms. The van der Waals surface area contributed by atoms with Crippen molar-refractivity contribution in [1.29, 1.82) is 0 Å². The first-order chi connectivity index (χ1) is 24.7. The largest absolute Gasteiger partial charge is 0.456 e. The molecular formula is C44H26N4O2. The molecule has 0 saturated carbocycles. The van der Waals surface area contributed by atoms with Crippen LogP contribution in [0.15, 0.2) is 167 Å². The second kappa shape index (κ2) is 11.4. The first-order valence-electron chi connectivity index (χ1n) is 16.5. The Balaban J connectivity index is 1.28. The van der Waals surface area contributed by atoms with E-state index >= 15 is 0 Å². The van der Waals surface area contributed by atoms with E-state index in [1.807, 2.05) is 97.1 Å². The fourth-order valence-electron chi connectivity index (χ4n) is 6.73. The van der Waals surface area contributed by atoms with E-state index in [4.69, 9.17) is 28.8 Å². The molecule has 0 unspecified atom stereocenters. The summed E-state index contributed by atoms with van der Waals surface area (Å²) in [6.45, 7) is 0. The monoisotopic (exact) mass is 642 g/mol. The Labute approximate surface area is 286 Å². The molecule has 10 rings (SSSR count). The van der Waals surface area contributed by atoms with Crippen LogP contribution in [-0.4, -0.2) is 19.9 Å². The summed E-state index contributed by atoms with van der Waals surface area (Å²) in [5.74, 6) is 2.11. The van der Waals surface area contributed by atoms with Crippen molar-refractivity contribution in [2.75, 3.05) is 0 Å². The predicted molar refractivity (Wildman–Crippen MR) is 199 cm³/mol. The van der Waals surface area contributed by atoms with Crippen LogP contribution in [0.3, 0.4) is 0 Å². The molecule has 0 amide bonds. The summed E-state index contributed by atoms with van der Waals surface area (Å²) >= 11 is 0. The first-order valence-corrected chi connectivity index (χ1v) is 16.5. The van der Waals surface area contributed by atoms with Gasteiger partial charge in [-0.05, 0) is 52.2 Å². The molecule has 0 fully saturated rings. The molecule has 234 valence electrons. The number of aromatic nitrogens is 4. The number of nitrogens with zero attached hydrogens (tertiary/aromatic N) is 4. The van der Waals surface area contributed by atoms with Gasteiger partial charge in [-0.3, -0.25) is 0 Å². The second-order valence-electron chi connectivity index (χ2n) is 12.3. The molecule has 6 heteroatoms. The minimum Gasteiger partial charge on any atom is -0.456 e. The summed E-state index contributed by atoms with van der Waals surface area (Å²) in [5.41, 5.74) is 8.25. The van der Waals surface area contributed by atoms with Gasteiger partial charge in [0.15, 0.2) is 23.1 Å². The van der Waals surface area contributed by atoms with Gasteiger partial charge in [0, 0.05) is 33.5 Å². The number of fused-ring (bicyclic) bond motifs is 5. The standard InChI is InChI=1S/C44H26N4O2/c1-3-12-27(13-4-1)31-18-11-19-32(24-31)41-46-42(33-23-22-28-14-7-8-17-30(28)25-33)48-43(47-41)39-38-34-20-9-10-21-35(34)49-36(38)26-37-40(39)45-44(50-37)29-15-5-2-6-16-29/h1-26H. The number of para-hydroxylation sites is 1. The van der Waals surface area contributed by atoms with Gasteiger partial charge in [0.25, 0.3) is 0 Å². The van der Waals surface area contributed by atoms with Crippen LogP contribution in [0.2, 0.25) is 0 Å². The highest BCUT2D eigenvalue weighted by Gasteiger charge is 2.24. The third kappa shape index (κ3) is 4.73. The molecule has 3 heterocycles. The van der Waals surface area contributed by atoms with Gasteiger partial charge >= 0.3 is 0 Å². The molecular weight excluding hydrogens is 617 g/mol. The molecule has 10 aromatic rings. The highest BCUT2D eigenvalue weighted by molar-refractivity contribution is 6.18. The van der Waals surface area contributed by atoms with Gasteiger partial charge in [-0.15, -0.1) is 0 Å². The molecule has 0 aliphatic carbocycles. The SMILES string of the molecule is c1ccc(-c2cccc(-c3nc(-c4ccc5ccccc5c4)nc(-c4c5nc(-c6ccccc6)oc5cc5oc6ccccc6c45)n3)c2)cc1. The van der Waals surface area contributed by atoms with E-state index in [2.05, 4.69) is 60.7 Å². The molecule has 0 N–H and O–H groups in total. The van der Waals surface area contributed by atoms with E-state index < -0.39 is 0 Å². The first kappa shape index (κ1) is 28.1. The Morgan fingerprint density at radius 2 is 1.00 bits per heavy atom. The Morgan fingerprint density at radius 3 is 1.82 bits per heavy atom. The maximum absolute atomic E-state index is 6.42. The van der Waals surface area contributed by atoms with Crippen molar-refractivity contribution < 1.29 is 8.83 Å². The minimum absolute atomic E-state index is 0.485. The van der Waals surface area contributed by atoms with Crippen molar-refractivity contribution in [1.82, 2.24) is 19.9 Å². The van der Waals surface area contributed by atoms with E-state index in [9.17, 15) is 0 Å². The van der Waals surface area contributed by atoms with Crippen LogP contribution in [0, 0.1) is 0 Å². The minimum atomic E-state index is 0.485. The van der Waals surface area contributed by atoms with Crippen molar-refractivity contribution >= 4 is 43.8 Å². The van der Waals surface area contributed by atoms with E-state index in [0.717, 1.165) is 60.5 Å². The van der Waals surface area contributed by atoms with Crippen molar-refractivity contribution in [3.8, 4) is 56.7 Å². The van der Waals surface area contributed by atoms with E-state index in [1.165, 1.54) is 0 Å². The quantitative estimate of drug-likeness (QED) is 0.186. The summed E-state index contributed by atoms with van der Waals surface area (Å²) in [7, 11) is 0. The highest BCUT2D eigenvalue weighted by atomic mass is 16.4. The Morgan fingerprint density at radius 1 is 0.360 bits per heavy atom. The Bertz CT molecular complexity index is 2880. The number of rotatable bonds is 5. The van der Waals surface area contributed by atoms with Crippen LogP contribution in [0.4, 0.5) is 0 Å². The van der Waals surface area contributed by atoms with Crippen LogP contribution in [0.1, 0.15) is 0 Å². The van der Waals surface area contributed by atoms with Gasteiger partial charge in [0.2, 0.25) is 5.89 Å². The van der Waals surface area contributed by atoms with E-state index in [-0.39, 0.29) is 0 Å². The van der Waals surface area contributed by atoms with Crippen LogP contribution in [-0.2, 0) is 0 Å². The lowest BCUT2D eigenvalue weighted by atomic mass is 10.0. The lowest BCUT2D eigenvalue weighted by Gasteiger charge is -2.11. The fourth-order valence-corrected chi connectivity index (χ4v) is 6.73. The zero-order chi connectivity index (χ0) is 33.0. The maximum atomic E-state index is 6.42. The summed E-state index contributed by atoms with van der Waals surface area (Å²) in [5, 5.41) is 4.08. The summed E-state index contributed by atoms with van der Waals surface area (Å²) in [4.78, 5) is 20.6. The van der Waals surface area contributed by atoms with Crippen molar-refractivity contribution in [3.05, 3.63) is 158 Å². The Hall–Kier alpha value is -6.92. The summed E-state index contributed by atoms with van der Waals surface area (Å²) < 4.78 is 12.8. The smallest absolute Gasteiger partial charge is 0.227 e. The van der Waals surface area contributed by atoms with Crippen molar-refractivity contribution in [2.24, 2.45) is 0 Å². The maximum Gasteiger partial charge on any atom is 0.227 e. The number of furan rings is 1. The molecule has 0 aliphatic rings. The zero-order valence-electron chi connectivity index (χ0n) is 26.6. The summed E-state index contributed by atoms with van der Waals surface area (Å²) in [6, 6.07) is 53.1. The van der Waals surface area contributed by atoms with E-state index in [0.29, 0.717) is 40.0 Å². The molecule has 0 aliphatic heterocycles. The Kier molecular flexibility index (Phi) is 6.39. The van der Waals surface area contributed by atoms with Gasteiger partial charge in [-0.2, -0.15) is 0 Å². The van der Waals surface area contributed by atoms with Crippen LogP contribution < -0.4 is 0 Å². The topological polar surface area (TPSA) is 77.8 Å². The van der Waals surface area contributed by atoms with Crippen LogP contribution >= 0.6 is 0 Å². The molecule has 0 atom stereocenters. The number of hydrogen-bond acceptors (Lipinski definition) is 6. The van der Waals surface area contributed by atoms with Gasteiger partial charge in [0.1, 0.15) is 16.7 Å². The number of oxazole rings is 1. The average molecular weight is 643 g/mol. The zero-order valence-corrected chi connectivity index (χ0v) is 26.6. The normalized spacial score (nSPS) is 11.6. The van der Waals surface area contributed by atoms with Crippen molar-refractivity contribution in [3.63, 3.8) is 0 Å². The average Bonchev–Trinajstić information content (AvgIpc) is 3.79. The lowest BCUT2D eigenvalue weighted by Crippen LogP contribution is -2.01. The molecule has 0 saturated heterocycles. The van der Waals surface area contributed by atoms with Gasteiger partial charge in [0.05, 0.1) is 5.56 Å². The molecule has 6 nitrogen and oxygen atoms in total. The third-order valence-corrected chi connectivity index (χ3v) is 9.14. The molecule has 0 bridgehead atoms. The van der Waals surface area contributed by atoms with Gasteiger partial charge in [-0.25, -0.2) is 19.9 Å². The van der Waals surface area contributed by atoms with E-state index in [1.54, 1.807) is 0 Å².